The normalized spacial score (nSPS) is 34.1. The Labute approximate surface area is 95.4 Å². The second kappa shape index (κ2) is 3.88. The maximum absolute atomic E-state index is 12.2. The van der Waals surface area contributed by atoms with Crippen LogP contribution in [0.25, 0.3) is 0 Å². The van der Waals surface area contributed by atoms with Crippen LogP contribution in [-0.2, 0) is 9.84 Å². The molecule has 1 fully saturated rings. The quantitative estimate of drug-likeness (QED) is 0.554. The summed E-state index contributed by atoms with van der Waals surface area (Å²) in [6.07, 6.45) is 3.73. The highest BCUT2D eigenvalue weighted by Crippen LogP contribution is 2.56. The van der Waals surface area contributed by atoms with Crippen molar-refractivity contribution in [3.63, 3.8) is 0 Å². The second-order valence-electron chi connectivity index (χ2n) is 5.71. The molecule has 0 N–H and O–H groups in total. The van der Waals surface area contributed by atoms with Gasteiger partial charge in [0.1, 0.15) is 0 Å². The van der Waals surface area contributed by atoms with Crippen LogP contribution in [0.1, 0.15) is 39.5 Å². The Balaban J connectivity index is 3.06. The van der Waals surface area contributed by atoms with Crippen molar-refractivity contribution in [3.05, 3.63) is 0 Å². The molecule has 0 aromatic carbocycles. The van der Waals surface area contributed by atoms with Crippen molar-refractivity contribution in [2.75, 3.05) is 0 Å². The largest absolute Gasteiger partial charge is 0.228 e. The van der Waals surface area contributed by atoms with Gasteiger partial charge in [-0.2, -0.15) is 0 Å². The standard InChI is InChI=1S/C11H24O2SSi/c1-6-8-10-11(9-7-2,14(10,12)13)15(3,4)5/h10H,6-9H2,1-5H3/t10-,11+/m1/s1. The van der Waals surface area contributed by atoms with Gasteiger partial charge < -0.3 is 0 Å². The van der Waals surface area contributed by atoms with Gasteiger partial charge in [-0.15, -0.1) is 0 Å². The summed E-state index contributed by atoms with van der Waals surface area (Å²) < 4.78 is 24.1. The summed E-state index contributed by atoms with van der Waals surface area (Å²) in [4.78, 5) is 0. The van der Waals surface area contributed by atoms with Gasteiger partial charge in [-0.05, 0) is 12.8 Å². The van der Waals surface area contributed by atoms with Crippen molar-refractivity contribution in [2.24, 2.45) is 0 Å². The fourth-order valence-electron chi connectivity index (χ4n) is 3.05. The SMILES string of the molecule is CCC[C@@H]1[C@](CCC)([Si](C)(C)C)S1(=O)=O. The van der Waals surface area contributed by atoms with Gasteiger partial charge in [0, 0.05) is 0 Å². The maximum Gasteiger partial charge on any atom is 0.158 e. The van der Waals surface area contributed by atoms with E-state index >= 15 is 0 Å². The average molecular weight is 248 g/mol. The van der Waals surface area contributed by atoms with E-state index in [1.807, 2.05) is 0 Å². The predicted octanol–water partition coefficient (Wildman–Crippen LogP) is 3.00. The van der Waals surface area contributed by atoms with Crippen molar-refractivity contribution in [2.45, 2.75) is 68.8 Å². The Hall–Kier alpha value is 0.167. The van der Waals surface area contributed by atoms with Gasteiger partial charge in [0.05, 0.1) is 17.7 Å². The summed E-state index contributed by atoms with van der Waals surface area (Å²) in [6.45, 7) is 10.8. The van der Waals surface area contributed by atoms with Gasteiger partial charge in [0.15, 0.2) is 9.84 Å². The van der Waals surface area contributed by atoms with E-state index in [0.29, 0.717) is 0 Å². The molecule has 2 atom stereocenters. The summed E-state index contributed by atoms with van der Waals surface area (Å²) in [5.74, 6) is 0. The molecule has 4 heteroatoms. The highest BCUT2D eigenvalue weighted by atomic mass is 32.2. The molecule has 1 heterocycles. The molecule has 1 saturated heterocycles. The van der Waals surface area contributed by atoms with Crippen LogP contribution in [0.4, 0.5) is 0 Å². The van der Waals surface area contributed by atoms with Gasteiger partial charge in [-0.1, -0.05) is 46.3 Å². The van der Waals surface area contributed by atoms with Crippen LogP contribution < -0.4 is 0 Å². The molecule has 0 unspecified atom stereocenters. The molecule has 15 heavy (non-hydrogen) atoms. The van der Waals surface area contributed by atoms with Crippen LogP contribution in [0, 0.1) is 0 Å². The lowest BCUT2D eigenvalue weighted by atomic mass is 10.1. The highest BCUT2D eigenvalue weighted by molar-refractivity contribution is 8.03. The van der Waals surface area contributed by atoms with Gasteiger partial charge >= 0.3 is 0 Å². The summed E-state index contributed by atoms with van der Waals surface area (Å²) >= 11 is 0. The lowest BCUT2D eigenvalue weighted by Gasteiger charge is -2.26. The van der Waals surface area contributed by atoms with Gasteiger partial charge in [-0.25, -0.2) is 8.42 Å². The first-order valence-corrected chi connectivity index (χ1v) is 11.0. The van der Waals surface area contributed by atoms with Crippen LogP contribution >= 0.6 is 0 Å². The third-order valence-electron chi connectivity index (χ3n) is 3.79. The summed E-state index contributed by atoms with van der Waals surface area (Å²) in [7, 11) is -4.40. The fraction of sp³-hybridized carbons (Fsp3) is 1.00. The first kappa shape index (κ1) is 13.2. The minimum absolute atomic E-state index is 0.0124. The Morgan fingerprint density at radius 2 is 1.67 bits per heavy atom. The lowest BCUT2D eigenvalue weighted by Crippen LogP contribution is -2.44. The van der Waals surface area contributed by atoms with Gasteiger partial charge in [-0.3, -0.25) is 0 Å². The van der Waals surface area contributed by atoms with Gasteiger partial charge in [0.25, 0.3) is 0 Å². The minimum Gasteiger partial charge on any atom is -0.228 e. The lowest BCUT2D eigenvalue weighted by molar-refractivity contribution is 0.605. The zero-order chi connectivity index (χ0) is 11.9. The number of hydrogen-bond donors (Lipinski definition) is 0. The van der Waals surface area contributed by atoms with E-state index in [9.17, 15) is 8.42 Å². The van der Waals surface area contributed by atoms with E-state index in [2.05, 4.69) is 33.5 Å². The monoisotopic (exact) mass is 248 g/mol. The molecule has 1 aliphatic rings. The molecule has 0 aromatic heterocycles. The Kier molecular flexibility index (Phi) is 3.42. The molecule has 1 aliphatic heterocycles. The number of rotatable bonds is 5. The molecule has 1 rings (SSSR count). The summed E-state index contributed by atoms with van der Waals surface area (Å²) in [5, 5.41) is -0.0124. The van der Waals surface area contributed by atoms with Crippen LogP contribution in [-0.4, -0.2) is 26.1 Å². The molecule has 0 saturated carbocycles. The van der Waals surface area contributed by atoms with E-state index < -0.39 is 17.9 Å². The minimum atomic E-state index is -2.78. The molecule has 2 nitrogen and oxygen atoms in total. The van der Waals surface area contributed by atoms with E-state index in [4.69, 9.17) is 0 Å². The van der Waals surface area contributed by atoms with Crippen LogP contribution in [0.3, 0.4) is 0 Å². The van der Waals surface area contributed by atoms with E-state index in [-0.39, 0.29) is 9.62 Å². The van der Waals surface area contributed by atoms with E-state index in [1.165, 1.54) is 0 Å². The number of hydrogen-bond acceptors (Lipinski definition) is 2. The molecular weight excluding hydrogens is 224 g/mol. The predicted molar refractivity (Wildman–Crippen MR) is 68.6 cm³/mol. The third-order valence-corrected chi connectivity index (χ3v) is 12.5. The van der Waals surface area contributed by atoms with Crippen LogP contribution in [0.15, 0.2) is 0 Å². The molecule has 0 bridgehead atoms. The summed E-state index contributed by atoms with van der Waals surface area (Å²) in [5.41, 5.74) is 0. The Morgan fingerprint density at radius 3 is 2.00 bits per heavy atom. The van der Waals surface area contributed by atoms with Crippen molar-refractivity contribution >= 4 is 17.9 Å². The number of sulfone groups is 1. The average Bonchev–Trinajstić information content (AvgIpc) is 2.52. The molecular formula is C11H24O2SSi. The van der Waals surface area contributed by atoms with Crippen molar-refractivity contribution in [3.8, 4) is 0 Å². The van der Waals surface area contributed by atoms with Crippen molar-refractivity contribution < 1.29 is 8.42 Å². The molecule has 90 valence electrons. The van der Waals surface area contributed by atoms with E-state index in [1.54, 1.807) is 0 Å². The molecule has 0 radical (unpaired) electrons. The zero-order valence-corrected chi connectivity index (χ0v) is 12.4. The van der Waals surface area contributed by atoms with Crippen LogP contribution in [0.5, 0.6) is 0 Å². The van der Waals surface area contributed by atoms with Crippen molar-refractivity contribution in [1.82, 2.24) is 0 Å². The van der Waals surface area contributed by atoms with Gasteiger partial charge in [0.2, 0.25) is 0 Å². The van der Waals surface area contributed by atoms with Crippen molar-refractivity contribution in [1.29, 1.82) is 0 Å². The third kappa shape index (κ3) is 1.70. The molecule has 0 aliphatic carbocycles. The molecule has 0 amide bonds. The zero-order valence-electron chi connectivity index (χ0n) is 10.6. The smallest absolute Gasteiger partial charge is 0.158 e. The first-order valence-electron chi connectivity index (χ1n) is 5.99. The topological polar surface area (TPSA) is 34.1 Å². The van der Waals surface area contributed by atoms with Crippen LogP contribution in [0.2, 0.25) is 19.6 Å². The first-order chi connectivity index (χ1) is 6.75. The highest BCUT2D eigenvalue weighted by Gasteiger charge is 2.75. The molecule has 0 aromatic rings. The maximum atomic E-state index is 12.2. The molecule has 0 spiro atoms. The van der Waals surface area contributed by atoms with E-state index in [0.717, 1.165) is 25.7 Å². The fourth-order valence-corrected chi connectivity index (χ4v) is 12.7. The summed E-state index contributed by atoms with van der Waals surface area (Å²) in [6, 6.07) is 0. The second-order valence-corrected chi connectivity index (χ2v) is 13.9. The Bertz CT molecular complexity index is 329. The Morgan fingerprint density at radius 1 is 1.13 bits per heavy atom.